The van der Waals surface area contributed by atoms with Crippen LogP contribution in [0, 0.1) is 5.82 Å². The predicted octanol–water partition coefficient (Wildman–Crippen LogP) is 2.27. The molecule has 0 N–H and O–H groups in total. The average Bonchev–Trinajstić information content (AvgIpc) is 2.38. The van der Waals surface area contributed by atoms with E-state index in [4.69, 9.17) is 4.74 Å². The molecular weight excluding hydrogens is 249 g/mol. The molecule has 102 valence electrons. The van der Waals surface area contributed by atoms with E-state index >= 15 is 0 Å². The number of anilines is 1. The fourth-order valence-electron chi connectivity index (χ4n) is 2.28. The molecule has 1 saturated heterocycles. The molecule has 1 amide bonds. The van der Waals surface area contributed by atoms with Gasteiger partial charge >= 0.3 is 5.97 Å². The van der Waals surface area contributed by atoms with Gasteiger partial charge in [-0.1, -0.05) is 6.07 Å². The van der Waals surface area contributed by atoms with Crippen molar-refractivity contribution in [1.82, 2.24) is 0 Å². The second-order valence-corrected chi connectivity index (χ2v) is 4.40. The summed E-state index contributed by atoms with van der Waals surface area (Å²) in [7, 11) is 0. The van der Waals surface area contributed by atoms with Crippen molar-refractivity contribution in [2.45, 2.75) is 32.2 Å². The molecule has 0 bridgehead atoms. The van der Waals surface area contributed by atoms with Crippen LogP contribution < -0.4 is 4.90 Å². The maximum Gasteiger partial charge on any atom is 0.329 e. The van der Waals surface area contributed by atoms with Gasteiger partial charge in [-0.15, -0.1) is 0 Å². The molecule has 1 fully saturated rings. The molecule has 1 aromatic carbocycles. The van der Waals surface area contributed by atoms with Crippen LogP contribution in [-0.4, -0.2) is 24.5 Å². The highest BCUT2D eigenvalue weighted by molar-refractivity contribution is 6.00. The Balaban J connectivity index is 2.31. The summed E-state index contributed by atoms with van der Waals surface area (Å²) in [5, 5.41) is 0. The Bertz CT molecular complexity index is 489. The van der Waals surface area contributed by atoms with Gasteiger partial charge in [-0.05, 0) is 38.0 Å². The predicted molar refractivity (Wildman–Crippen MR) is 68.2 cm³/mol. The van der Waals surface area contributed by atoms with Crippen molar-refractivity contribution in [2.75, 3.05) is 11.5 Å². The molecule has 1 unspecified atom stereocenters. The maximum atomic E-state index is 13.3. The molecular formula is C14H16FNO3. The Hall–Kier alpha value is -1.91. The molecule has 0 aliphatic carbocycles. The molecule has 0 saturated carbocycles. The molecule has 1 heterocycles. The minimum Gasteiger partial charge on any atom is -0.464 e. The first kappa shape index (κ1) is 13.5. The van der Waals surface area contributed by atoms with E-state index in [9.17, 15) is 14.0 Å². The lowest BCUT2D eigenvalue weighted by Gasteiger charge is -2.33. The number of nitrogens with zero attached hydrogens (tertiary/aromatic N) is 1. The quantitative estimate of drug-likeness (QED) is 0.788. The van der Waals surface area contributed by atoms with Crippen molar-refractivity contribution in [3.8, 4) is 0 Å². The zero-order valence-corrected chi connectivity index (χ0v) is 10.8. The van der Waals surface area contributed by atoms with Crippen LogP contribution in [0.25, 0.3) is 0 Å². The minimum absolute atomic E-state index is 0.171. The van der Waals surface area contributed by atoms with Gasteiger partial charge in [0.2, 0.25) is 5.91 Å². The van der Waals surface area contributed by atoms with Gasteiger partial charge in [0.15, 0.2) is 0 Å². The van der Waals surface area contributed by atoms with E-state index in [1.165, 1.54) is 23.1 Å². The summed E-state index contributed by atoms with van der Waals surface area (Å²) in [6.07, 6.45) is 1.56. The van der Waals surface area contributed by atoms with Crippen molar-refractivity contribution in [2.24, 2.45) is 0 Å². The molecule has 0 aromatic heterocycles. The third-order valence-electron chi connectivity index (χ3n) is 3.09. The van der Waals surface area contributed by atoms with Crippen molar-refractivity contribution in [1.29, 1.82) is 0 Å². The fraction of sp³-hybridized carbons (Fsp3) is 0.429. The van der Waals surface area contributed by atoms with E-state index < -0.39 is 17.8 Å². The molecule has 1 atom stereocenters. The molecule has 0 spiro atoms. The monoisotopic (exact) mass is 265 g/mol. The van der Waals surface area contributed by atoms with Gasteiger partial charge in [0.05, 0.1) is 6.61 Å². The largest absolute Gasteiger partial charge is 0.464 e. The van der Waals surface area contributed by atoms with Gasteiger partial charge in [-0.25, -0.2) is 9.18 Å². The first-order chi connectivity index (χ1) is 9.13. The lowest BCUT2D eigenvalue weighted by Crippen LogP contribution is -2.49. The van der Waals surface area contributed by atoms with E-state index in [-0.39, 0.29) is 12.5 Å². The molecule has 1 aliphatic heterocycles. The second kappa shape index (κ2) is 5.82. The number of rotatable bonds is 3. The van der Waals surface area contributed by atoms with Crippen LogP contribution in [0.3, 0.4) is 0 Å². The summed E-state index contributed by atoms with van der Waals surface area (Å²) in [5.41, 5.74) is 0.405. The fourth-order valence-corrected chi connectivity index (χ4v) is 2.28. The number of hydrogen-bond acceptors (Lipinski definition) is 3. The number of hydrogen-bond donors (Lipinski definition) is 0. The average molecular weight is 265 g/mol. The van der Waals surface area contributed by atoms with Crippen LogP contribution >= 0.6 is 0 Å². The van der Waals surface area contributed by atoms with Gasteiger partial charge in [0.25, 0.3) is 0 Å². The smallest absolute Gasteiger partial charge is 0.329 e. The molecule has 5 heteroatoms. The highest BCUT2D eigenvalue weighted by Crippen LogP contribution is 2.27. The Morgan fingerprint density at radius 1 is 1.53 bits per heavy atom. The summed E-state index contributed by atoms with van der Waals surface area (Å²) in [4.78, 5) is 25.3. The van der Waals surface area contributed by atoms with Gasteiger partial charge in [0, 0.05) is 12.1 Å². The SMILES string of the molecule is CCOC(=O)C1CCCC(=O)N1c1cccc(F)c1. The number of piperidine rings is 1. The van der Waals surface area contributed by atoms with E-state index in [0.29, 0.717) is 24.9 Å². The van der Waals surface area contributed by atoms with Crippen molar-refractivity contribution >= 4 is 17.6 Å². The van der Waals surface area contributed by atoms with E-state index in [1.807, 2.05) is 0 Å². The molecule has 2 rings (SSSR count). The number of ether oxygens (including phenoxy) is 1. The molecule has 0 radical (unpaired) electrons. The normalized spacial score (nSPS) is 19.4. The second-order valence-electron chi connectivity index (χ2n) is 4.40. The van der Waals surface area contributed by atoms with Crippen LogP contribution in [0.4, 0.5) is 10.1 Å². The maximum absolute atomic E-state index is 13.3. The third kappa shape index (κ3) is 2.92. The Morgan fingerprint density at radius 3 is 3.00 bits per heavy atom. The lowest BCUT2D eigenvalue weighted by molar-refractivity contribution is -0.146. The van der Waals surface area contributed by atoms with E-state index in [2.05, 4.69) is 0 Å². The van der Waals surface area contributed by atoms with Crippen LogP contribution in [0.2, 0.25) is 0 Å². The van der Waals surface area contributed by atoms with Gasteiger partial charge in [-0.2, -0.15) is 0 Å². The Kier molecular flexibility index (Phi) is 4.14. The van der Waals surface area contributed by atoms with Crippen LogP contribution in [0.15, 0.2) is 24.3 Å². The van der Waals surface area contributed by atoms with Gasteiger partial charge in [-0.3, -0.25) is 9.69 Å². The summed E-state index contributed by atoms with van der Waals surface area (Å²) < 4.78 is 18.3. The Morgan fingerprint density at radius 2 is 2.32 bits per heavy atom. The number of carbonyl (C=O) groups excluding carboxylic acids is 2. The summed E-state index contributed by atoms with van der Waals surface area (Å²) in [6.45, 7) is 1.98. The van der Waals surface area contributed by atoms with Crippen molar-refractivity contribution in [3.63, 3.8) is 0 Å². The van der Waals surface area contributed by atoms with Crippen LogP contribution in [-0.2, 0) is 14.3 Å². The van der Waals surface area contributed by atoms with Gasteiger partial charge in [0.1, 0.15) is 11.9 Å². The third-order valence-corrected chi connectivity index (χ3v) is 3.09. The molecule has 19 heavy (non-hydrogen) atoms. The summed E-state index contributed by atoms with van der Waals surface area (Å²) in [6, 6.07) is 5.06. The number of benzene rings is 1. The zero-order valence-electron chi connectivity index (χ0n) is 10.8. The van der Waals surface area contributed by atoms with Gasteiger partial charge < -0.3 is 4.74 Å². The van der Waals surface area contributed by atoms with Crippen LogP contribution in [0.5, 0.6) is 0 Å². The summed E-state index contributed by atoms with van der Waals surface area (Å²) in [5.74, 6) is -1.03. The first-order valence-corrected chi connectivity index (χ1v) is 6.37. The van der Waals surface area contributed by atoms with Crippen molar-refractivity contribution < 1.29 is 18.7 Å². The first-order valence-electron chi connectivity index (χ1n) is 6.37. The number of carbonyl (C=O) groups is 2. The van der Waals surface area contributed by atoms with Crippen molar-refractivity contribution in [3.05, 3.63) is 30.1 Å². The number of halogens is 1. The molecule has 1 aromatic rings. The summed E-state index contributed by atoms with van der Waals surface area (Å²) >= 11 is 0. The zero-order chi connectivity index (χ0) is 13.8. The minimum atomic E-state index is -0.650. The van der Waals surface area contributed by atoms with E-state index in [0.717, 1.165) is 0 Å². The lowest BCUT2D eigenvalue weighted by atomic mass is 10.0. The molecule has 1 aliphatic rings. The number of esters is 1. The highest BCUT2D eigenvalue weighted by atomic mass is 19.1. The Labute approximate surface area is 111 Å². The van der Waals surface area contributed by atoms with Crippen LogP contribution in [0.1, 0.15) is 26.2 Å². The molecule has 4 nitrogen and oxygen atoms in total. The van der Waals surface area contributed by atoms with E-state index in [1.54, 1.807) is 13.0 Å². The highest BCUT2D eigenvalue weighted by Gasteiger charge is 2.35. The standard InChI is InChI=1S/C14H16FNO3/c1-2-19-14(18)12-7-4-8-13(17)16(12)11-6-3-5-10(15)9-11/h3,5-6,9,12H,2,4,7-8H2,1H3. The number of amides is 1. The topological polar surface area (TPSA) is 46.6 Å².